The van der Waals surface area contributed by atoms with Gasteiger partial charge in [0.2, 0.25) is 11.1 Å². The molecule has 0 fully saturated rings. The van der Waals surface area contributed by atoms with Crippen LogP contribution in [0.3, 0.4) is 0 Å². The van der Waals surface area contributed by atoms with Crippen molar-refractivity contribution in [1.29, 1.82) is 0 Å². The molecule has 0 bridgehead atoms. The molecule has 0 aliphatic carbocycles. The van der Waals surface area contributed by atoms with Crippen LogP contribution in [-0.2, 0) is 11.2 Å². The molecule has 0 saturated heterocycles. The predicted octanol–water partition coefficient (Wildman–Crippen LogP) is 5.16. The molecular weight excluding hydrogens is 453 g/mol. The van der Waals surface area contributed by atoms with E-state index in [1.54, 1.807) is 25.1 Å². The summed E-state index contributed by atoms with van der Waals surface area (Å²) in [6.45, 7) is 1.77. The zero-order chi connectivity index (χ0) is 22.0. The van der Waals surface area contributed by atoms with E-state index in [9.17, 15) is 4.79 Å². The van der Waals surface area contributed by atoms with Gasteiger partial charge in [-0.3, -0.25) is 4.79 Å². The molecule has 31 heavy (non-hydrogen) atoms. The number of nitrogens with one attached hydrogen (secondary N) is 1. The van der Waals surface area contributed by atoms with Crippen molar-refractivity contribution < 1.29 is 4.79 Å². The first-order valence-electron chi connectivity index (χ1n) is 9.50. The second kappa shape index (κ2) is 9.18. The van der Waals surface area contributed by atoms with Crippen LogP contribution < -0.4 is 11.2 Å². The van der Waals surface area contributed by atoms with E-state index in [0.29, 0.717) is 33.1 Å². The molecule has 0 aliphatic rings. The molecule has 0 spiro atoms. The molecule has 1 heterocycles. The van der Waals surface area contributed by atoms with Gasteiger partial charge in [-0.1, -0.05) is 77.4 Å². The van der Waals surface area contributed by atoms with E-state index in [2.05, 4.69) is 39.8 Å². The molecule has 0 aliphatic heterocycles. The van der Waals surface area contributed by atoms with Crippen LogP contribution in [0.15, 0.2) is 65.8 Å². The fraction of sp³-hybridized carbons (Fsp3) is 0.136. The molecule has 158 valence electrons. The normalized spacial score (nSPS) is 12.1. The number of anilines is 1. The topological polar surface area (TPSA) is 85.8 Å². The molecule has 3 aromatic carbocycles. The Morgan fingerprint density at radius 1 is 1.10 bits per heavy atom. The van der Waals surface area contributed by atoms with Crippen LogP contribution in [0.4, 0.5) is 5.69 Å². The number of halogens is 2. The number of aromatic nitrogens is 3. The van der Waals surface area contributed by atoms with Gasteiger partial charge in [-0.05, 0) is 41.5 Å². The number of carbonyl (C=O) groups is 1. The summed E-state index contributed by atoms with van der Waals surface area (Å²) in [4.78, 5) is 12.6. The highest BCUT2D eigenvalue weighted by molar-refractivity contribution is 8.00. The summed E-state index contributed by atoms with van der Waals surface area (Å²) in [5.74, 6) is 6.64. The Morgan fingerprint density at radius 3 is 2.58 bits per heavy atom. The maximum atomic E-state index is 12.6. The highest BCUT2D eigenvalue weighted by Crippen LogP contribution is 2.26. The molecule has 1 amide bonds. The lowest BCUT2D eigenvalue weighted by Crippen LogP contribution is -2.24. The number of amides is 1. The Balaban J connectivity index is 1.47. The first-order valence-corrected chi connectivity index (χ1v) is 11.1. The van der Waals surface area contributed by atoms with Crippen LogP contribution >= 0.6 is 35.0 Å². The zero-order valence-corrected chi connectivity index (χ0v) is 18.9. The third-order valence-corrected chi connectivity index (χ3v) is 6.24. The summed E-state index contributed by atoms with van der Waals surface area (Å²) in [7, 11) is 0. The van der Waals surface area contributed by atoms with E-state index < -0.39 is 5.25 Å². The van der Waals surface area contributed by atoms with Gasteiger partial charge in [0.1, 0.15) is 0 Å². The van der Waals surface area contributed by atoms with E-state index in [-0.39, 0.29) is 5.91 Å². The van der Waals surface area contributed by atoms with Gasteiger partial charge in [0.15, 0.2) is 5.82 Å². The minimum Gasteiger partial charge on any atom is -0.336 e. The van der Waals surface area contributed by atoms with Crippen LogP contribution in [0.1, 0.15) is 18.3 Å². The molecule has 4 rings (SSSR count). The summed E-state index contributed by atoms with van der Waals surface area (Å²) >= 11 is 13.2. The van der Waals surface area contributed by atoms with Crippen LogP contribution in [0, 0.1) is 0 Å². The van der Waals surface area contributed by atoms with Gasteiger partial charge in [-0.25, -0.2) is 4.68 Å². The number of rotatable bonds is 6. The molecule has 9 heteroatoms. The third kappa shape index (κ3) is 4.95. The van der Waals surface area contributed by atoms with Gasteiger partial charge in [0.05, 0.1) is 5.25 Å². The zero-order valence-electron chi connectivity index (χ0n) is 16.5. The maximum Gasteiger partial charge on any atom is 0.237 e. The van der Waals surface area contributed by atoms with Crippen LogP contribution in [0.25, 0.3) is 10.8 Å². The second-order valence-electron chi connectivity index (χ2n) is 6.99. The number of hydrogen-bond donors (Lipinski definition) is 2. The summed E-state index contributed by atoms with van der Waals surface area (Å²) in [6, 6.07) is 19.2. The van der Waals surface area contributed by atoms with Crippen LogP contribution in [0.5, 0.6) is 0 Å². The number of nitrogens with two attached hydrogens (primary N) is 1. The Kier molecular flexibility index (Phi) is 6.36. The lowest BCUT2D eigenvalue weighted by atomic mass is 10.0. The lowest BCUT2D eigenvalue weighted by molar-refractivity contribution is -0.115. The number of carbonyl (C=O) groups excluding carboxylic acids is 1. The average Bonchev–Trinajstić information content (AvgIpc) is 3.07. The number of thioether (sulfide) groups is 1. The summed E-state index contributed by atoms with van der Waals surface area (Å²) < 4.78 is 1.44. The SMILES string of the molecule is CC(Sc1nnc(Cc2cccc3ccccc23)n1N)C(=O)Nc1cc(Cl)cc(Cl)c1. The number of nitrogen functional groups attached to an aromatic ring is 1. The second-order valence-corrected chi connectivity index (χ2v) is 9.17. The van der Waals surface area contributed by atoms with Crippen molar-refractivity contribution in [3.05, 3.63) is 82.1 Å². The van der Waals surface area contributed by atoms with Crippen molar-refractivity contribution in [2.24, 2.45) is 0 Å². The fourth-order valence-electron chi connectivity index (χ4n) is 3.21. The predicted molar refractivity (Wildman–Crippen MR) is 127 cm³/mol. The van der Waals surface area contributed by atoms with E-state index in [1.807, 2.05) is 18.2 Å². The van der Waals surface area contributed by atoms with Crippen molar-refractivity contribution >= 4 is 57.3 Å². The van der Waals surface area contributed by atoms with Gasteiger partial charge in [-0.15, -0.1) is 10.2 Å². The van der Waals surface area contributed by atoms with Gasteiger partial charge in [0.25, 0.3) is 0 Å². The molecule has 1 unspecified atom stereocenters. The maximum absolute atomic E-state index is 12.6. The van der Waals surface area contributed by atoms with Crippen molar-refractivity contribution in [3.63, 3.8) is 0 Å². The number of benzene rings is 3. The Hall–Kier alpha value is -2.74. The van der Waals surface area contributed by atoms with E-state index in [4.69, 9.17) is 29.0 Å². The first kappa shape index (κ1) is 21.5. The largest absolute Gasteiger partial charge is 0.336 e. The van der Waals surface area contributed by atoms with Crippen LogP contribution in [-0.4, -0.2) is 26.0 Å². The number of fused-ring (bicyclic) bond motifs is 1. The average molecular weight is 472 g/mol. The van der Waals surface area contributed by atoms with Gasteiger partial charge in [-0.2, -0.15) is 0 Å². The van der Waals surface area contributed by atoms with Gasteiger partial charge in [0, 0.05) is 22.2 Å². The molecule has 1 atom stereocenters. The highest BCUT2D eigenvalue weighted by atomic mass is 35.5. The molecule has 6 nitrogen and oxygen atoms in total. The summed E-state index contributed by atoms with van der Waals surface area (Å²) in [5, 5.41) is 14.4. The standard InChI is InChI=1S/C22H19Cl2N5OS/c1-13(21(30)26-18-11-16(23)10-17(24)12-18)31-22-28-27-20(29(22)25)9-15-7-4-6-14-5-2-3-8-19(14)15/h2-8,10-13H,9,25H2,1H3,(H,26,30). The van der Waals surface area contributed by atoms with Crippen molar-refractivity contribution in [2.75, 3.05) is 11.2 Å². The minimum absolute atomic E-state index is 0.220. The van der Waals surface area contributed by atoms with Gasteiger partial charge >= 0.3 is 0 Å². The Morgan fingerprint density at radius 2 is 1.81 bits per heavy atom. The van der Waals surface area contributed by atoms with E-state index in [0.717, 1.165) is 16.3 Å². The van der Waals surface area contributed by atoms with E-state index >= 15 is 0 Å². The Bertz CT molecular complexity index is 1230. The third-order valence-electron chi connectivity index (χ3n) is 4.75. The molecule has 3 N–H and O–H groups in total. The number of nitrogens with zero attached hydrogens (tertiary/aromatic N) is 3. The molecular formula is C22H19Cl2N5OS. The molecule has 4 aromatic rings. The highest BCUT2D eigenvalue weighted by Gasteiger charge is 2.20. The van der Waals surface area contributed by atoms with Crippen LogP contribution in [0.2, 0.25) is 10.0 Å². The molecule has 0 radical (unpaired) electrons. The molecule has 0 saturated carbocycles. The smallest absolute Gasteiger partial charge is 0.237 e. The lowest BCUT2D eigenvalue weighted by Gasteiger charge is -2.12. The minimum atomic E-state index is -0.463. The van der Waals surface area contributed by atoms with Crippen molar-refractivity contribution in [3.8, 4) is 0 Å². The quantitative estimate of drug-likeness (QED) is 0.299. The summed E-state index contributed by atoms with van der Waals surface area (Å²) in [6.07, 6.45) is 0.535. The van der Waals surface area contributed by atoms with E-state index in [1.165, 1.54) is 16.4 Å². The number of hydrogen-bond acceptors (Lipinski definition) is 5. The van der Waals surface area contributed by atoms with Crippen molar-refractivity contribution in [2.45, 2.75) is 23.8 Å². The van der Waals surface area contributed by atoms with Crippen molar-refractivity contribution in [1.82, 2.24) is 14.9 Å². The summed E-state index contributed by atoms with van der Waals surface area (Å²) in [5.41, 5.74) is 1.64. The van der Waals surface area contributed by atoms with Gasteiger partial charge < -0.3 is 11.2 Å². The first-order chi connectivity index (χ1) is 14.9. The Labute approximate surface area is 193 Å². The monoisotopic (exact) mass is 471 g/mol. The fourth-order valence-corrected chi connectivity index (χ4v) is 4.52. The molecule has 1 aromatic heterocycles.